The molecule has 10 heteroatoms. The molecule has 2 rings (SSSR count). The van der Waals surface area contributed by atoms with Crippen LogP contribution >= 0.6 is 0 Å². The summed E-state index contributed by atoms with van der Waals surface area (Å²) in [5.74, 6) is -1.29. The van der Waals surface area contributed by atoms with Crippen molar-refractivity contribution in [2.75, 3.05) is 18.0 Å². The van der Waals surface area contributed by atoms with E-state index in [1.54, 1.807) is 12.1 Å². The van der Waals surface area contributed by atoms with Crippen molar-refractivity contribution in [2.45, 2.75) is 27.1 Å². The molecule has 0 aromatic heterocycles. The van der Waals surface area contributed by atoms with Crippen LogP contribution in [0.4, 0.5) is 23.2 Å². The van der Waals surface area contributed by atoms with Gasteiger partial charge in [0.1, 0.15) is 11.5 Å². The molecule has 1 amide bonds. The molecule has 0 fully saturated rings. The van der Waals surface area contributed by atoms with Gasteiger partial charge in [-0.3, -0.25) is 4.79 Å². The fraction of sp³-hybridized carbons (Fsp3) is 0.300. The van der Waals surface area contributed by atoms with Crippen LogP contribution in [0.15, 0.2) is 47.6 Å². The number of carbonyl (C=O) groups excluding carboxylic acids is 1. The minimum atomic E-state index is -3.18. The average Bonchev–Trinajstić information content (AvgIpc) is 2.70. The van der Waals surface area contributed by atoms with E-state index in [0.717, 1.165) is 37.1 Å². The van der Waals surface area contributed by atoms with Crippen LogP contribution in [0.2, 0.25) is 0 Å². The van der Waals surface area contributed by atoms with Crippen LogP contribution in [0.25, 0.3) is 0 Å². The van der Waals surface area contributed by atoms with Crippen molar-refractivity contribution in [1.82, 2.24) is 5.43 Å². The van der Waals surface area contributed by atoms with Gasteiger partial charge < -0.3 is 14.4 Å². The van der Waals surface area contributed by atoms with Gasteiger partial charge in [-0.1, -0.05) is 0 Å². The number of rotatable bonds is 10. The molecular formula is C20H21F4N3O3. The lowest BCUT2D eigenvalue weighted by atomic mass is 10.2. The molecule has 0 atom stereocenters. The fourth-order valence-corrected chi connectivity index (χ4v) is 2.63. The molecule has 0 saturated heterocycles. The fourth-order valence-electron chi connectivity index (χ4n) is 2.63. The van der Waals surface area contributed by atoms with Crippen molar-refractivity contribution in [3.63, 3.8) is 0 Å². The first kappa shape index (κ1) is 23.0. The number of hydrogen-bond donors (Lipinski definition) is 1. The van der Waals surface area contributed by atoms with E-state index >= 15 is 0 Å². The van der Waals surface area contributed by atoms with E-state index in [9.17, 15) is 22.4 Å². The Hall–Kier alpha value is -3.30. The van der Waals surface area contributed by atoms with Gasteiger partial charge >= 0.3 is 13.2 Å². The molecule has 6 nitrogen and oxygen atoms in total. The van der Waals surface area contributed by atoms with Crippen LogP contribution in [0, 0.1) is 0 Å². The highest BCUT2D eigenvalue weighted by molar-refractivity contribution is 5.95. The first-order valence-electron chi connectivity index (χ1n) is 9.06. The maximum absolute atomic E-state index is 12.6. The van der Waals surface area contributed by atoms with E-state index in [1.165, 1.54) is 6.07 Å². The Morgan fingerprint density at radius 1 is 1.03 bits per heavy atom. The number of carbonyl (C=O) groups is 1. The van der Waals surface area contributed by atoms with E-state index in [1.807, 2.05) is 26.0 Å². The van der Waals surface area contributed by atoms with Gasteiger partial charge in [-0.05, 0) is 50.2 Å². The van der Waals surface area contributed by atoms with Gasteiger partial charge in [0.05, 0.1) is 6.21 Å². The van der Waals surface area contributed by atoms with Gasteiger partial charge in [0.25, 0.3) is 5.91 Å². The Morgan fingerprint density at radius 3 is 2.23 bits per heavy atom. The number of hydrazone groups is 1. The van der Waals surface area contributed by atoms with Crippen molar-refractivity contribution in [1.29, 1.82) is 0 Å². The maximum atomic E-state index is 12.6. The van der Waals surface area contributed by atoms with E-state index in [4.69, 9.17) is 0 Å². The van der Waals surface area contributed by atoms with Crippen LogP contribution in [0.5, 0.6) is 11.5 Å². The van der Waals surface area contributed by atoms with Crippen LogP contribution in [-0.2, 0) is 0 Å². The average molecular weight is 427 g/mol. The molecule has 0 aliphatic carbocycles. The van der Waals surface area contributed by atoms with Crippen molar-refractivity contribution in [3.8, 4) is 11.5 Å². The standard InChI is InChI=1S/C20H21F4N3O3/c1-3-27(4-2)15-8-5-13(6-9-15)18(28)26-25-12-14-7-10-16(29-19(21)22)11-17(14)30-20(23)24/h5-12,19-20H,3-4H2,1-2H3,(H,26,28)/b25-12+. The predicted octanol–water partition coefficient (Wildman–Crippen LogP) is 4.50. The third-order valence-electron chi connectivity index (χ3n) is 4.05. The Kier molecular flexibility index (Phi) is 8.45. The van der Waals surface area contributed by atoms with Gasteiger partial charge in [0, 0.05) is 36.0 Å². The van der Waals surface area contributed by atoms with Crippen LogP contribution < -0.4 is 19.8 Å². The third-order valence-corrected chi connectivity index (χ3v) is 4.05. The summed E-state index contributed by atoms with van der Waals surface area (Å²) in [5.41, 5.74) is 3.64. The Morgan fingerprint density at radius 2 is 1.67 bits per heavy atom. The lowest BCUT2D eigenvalue weighted by Gasteiger charge is -2.20. The lowest BCUT2D eigenvalue weighted by molar-refractivity contribution is -0.0543. The second kappa shape index (κ2) is 11.0. The van der Waals surface area contributed by atoms with E-state index in [-0.39, 0.29) is 11.3 Å². The summed E-state index contributed by atoms with van der Waals surface area (Å²) < 4.78 is 58.2. The van der Waals surface area contributed by atoms with Crippen molar-refractivity contribution >= 4 is 17.8 Å². The minimum Gasteiger partial charge on any atom is -0.435 e. The highest BCUT2D eigenvalue weighted by Gasteiger charge is 2.13. The van der Waals surface area contributed by atoms with Crippen LogP contribution in [0.1, 0.15) is 29.8 Å². The first-order valence-corrected chi connectivity index (χ1v) is 9.06. The maximum Gasteiger partial charge on any atom is 0.387 e. The number of ether oxygens (including phenoxy) is 2. The topological polar surface area (TPSA) is 63.2 Å². The van der Waals surface area contributed by atoms with Gasteiger partial charge in [0.2, 0.25) is 0 Å². The number of halogens is 4. The Bertz CT molecular complexity index is 857. The molecule has 162 valence electrons. The van der Waals surface area contributed by atoms with Crippen LogP contribution in [-0.4, -0.2) is 38.4 Å². The zero-order valence-corrected chi connectivity index (χ0v) is 16.3. The summed E-state index contributed by atoms with van der Waals surface area (Å²) in [6.45, 7) is -0.588. The minimum absolute atomic E-state index is 0.0362. The summed E-state index contributed by atoms with van der Waals surface area (Å²) in [7, 11) is 0. The largest absolute Gasteiger partial charge is 0.435 e. The Balaban J connectivity index is 2.08. The van der Waals surface area contributed by atoms with E-state index < -0.39 is 24.9 Å². The molecule has 0 spiro atoms. The van der Waals surface area contributed by atoms with Gasteiger partial charge in [-0.2, -0.15) is 22.7 Å². The zero-order chi connectivity index (χ0) is 22.1. The summed E-state index contributed by atoms with van der Waals surface area (Å²) in [6.07, 6.45) is 1.06. The number of amides is 1. The number of nitrogens with zero attached hydrogens (tertiary/aromatic N) is 2. The molecule has 0 aliphatic rings. The van der Waals surface area contributed by atoms with Crippen molar-refractivity contribution in [3.05, 3.63) is 53.6 Å². The van der Waals surface area contributed by atoms with E-state index in [0.29, 0.717) is 5.56 Å². The third kappa shape index (κ3) is 6.64. The number of anilines is 1. The molecule has 2 aromatic carbocycles. The number of hydrogen-bond acceptors (Lipinski definition) is 5. The quantitative estimate of drug-likeness (QED) is 0.345. The van der Waals surface area contributed by atoms with E-state index in [2.05, 4.69) is 24.9 Å². The zero-order valence-electron chi connectivity index (χ0n) is 16.3. The lowest BCUT2D eigenvalue weighted by Crippen LogP contribution is -2.22. The van der Waals surface area contributed by atoms with Gasteiger partial charge in [-0.15, -0.1) is 0 Å². The summed E-state index contributed by atoms with van der Waals surface area (Å²) in [6, 6.07) is 10.1. The first-order chi connectivity index (χ1) is 14.3. The summed E-state index contributed by atoms with van der Waals surface area (Å²) in [5, 5.41) is 3.72. The molecule has 1 N–H and O–H groups in total. The molecule has 30 heavy (non-hydrogen) atoms. The van der Waals surface area contributed by atoms with Crippen molar-refractivity contribution in [2.24, 2.45) is 5.10 Å². The monoisotopic (exact) mass is 427 g/mol. The summed E-state index contributed by atoms with van der Waals surface area (Å²) >= 11 is 0. The summed E-state index contributed by atoms with van der Waals surface area (Å²) in [4.78, 5) is 14.3. The number of benzene rings is 2. The SMILES string of the molecule is CCN(CC)c1ccc(C(=O)N/N=C/c2ccc(OC(F)F)cc2OC(F)F)cc1. The molecule has 0 unspecified atom stereocenters. The molecular weight excluding hydrogens is 406 g/mol. The normalized spacial score (nSPS) is 11.2. The number of nitrogens with one attached hydrogen (secondary N) is 1. The highest BCUT2D eigenvalue weighted by Crippen LogP contribution is 2.26. The molecule has 0 bridgehead atoms. The number of alkyl halides is 4. The molecule has 2 aromatic rings. The molecule has 0 heterocycles. The van der Waals surface area contributed by atoms with Gasteiger partial charge in [-0.25, -0.2) is 5.43 Å². The van der Waals surface area contributed by atoms with Gasteiger partial charge in [0.15, 0.2) is 0 Å². The molecule has 0 aliphatic heterocycles. The second-order valence-corrected chi connectivity index (χ2v) is 5.87. The van der Waals surface area contributed by atoms with Crippen LogP contribution in [0.3, 0.4) is 0 Å². The smallest absolute Gasteiger partial charge is 0.387 e. The predicted molar refractivity (Wildman–Crippen MR) is 105 cm³/mol. The Labute approximate surface area is 171 Å². The second-order valence-electron chi connectivity index (χ2n) is 5.87. The van der Waals surface area contributed by atoms with Crippen molar-refractivity contribution < 1.29 is 31.8 Å². The molecule has 0 saturated carbocycles. The highest BCUT2D eigenvalue weighted by atomic mass is 19.3. The molecule has 0 radical (unpaired) electrons.